The molecule has 1 spiro atoms. The summed E-state index contributed by atoms with van der Waals surface area (Å²) in [7, 11) is 3.08. The smallest absolute Gasteiger partial charge is 0.253 e. The van der Waals surface area contributed by atoms with Gasteiger partial charge in [0.15, 0.2) is 0 Å². The number of aldehydes is 1. The highest BCUT2D eigenvalue weighted by atomic mass is 16.5. The maximum atomic E-state index is 11.3. The second-order valence-corrected chi connectivity index (χ2v) is 10.1. The molecule has 9 heteroatoms. The Labute approximate surface area is 245 Å². The Morgan fingerprint density at radius 3 is 2.49 bits per heavy atom. The maximum absolute atomic E-state index is 11.3. The molecule has 1 aliphatic carbocycles. The van der Waals surface area contributed by atoms with E-state index in [-0.39, 0.29) is 0 Å². The van der Waals surface area contributed by atoms with Crippen LogP contribution >= 0.6 is 0 Å². The normalized spacial score (nSPS) is 16.3. The van der Waals surface area contributed by atoms with Crippen LogP contribution in [0.15, 0.2) is 34.7 Å². The monoisotopic (exact) mass is 567 g/mol. The molecule has 2 fully saturated rings. The fourth-order valence-corrected chi connectivity index (χ4v) is 5.07. The van der Waals surface area contributed by atoms with E-state index in [4.69, 9.17) is 9.15 Å². The number of aromatic nitrogens is 3. The van der Waals surface area contributed by atoms with Crippen molar-refractivity contribution in [2.24, 2.45) is 17.1 Å². The molecule has 41 heavy (non-hydrogen) atoms. The van der Waals surface area contributed by atoms with Crippen LogP contribution in [0.1, 0.15) is 84.4 Å². The SMILES string of the molecule is CC.CCC(=O)CCCCCCc1nnc(-c2cc3ccccc3nc2OC)o1.CN.O=CC1CC12CCNCC2. The molecule has 3 N–H and O–H groups in total. The van der Waals surface area contributed by atoms with Gasteiger partial charge in [0, 0.05) is 30.6 Å². The fraction of sp³-hybridized carbons (Fsp3) is 0.594. The van der Waals surface area contributed by atoms with Crippen LogP contribution in [-0.2, 0) is 16.0 Å². The number of rotatable bonds is 11. The van der Waals surface area contributed by atoms with Crippen LogP contribution in [-0.4, -0.2) is 54.5 Å². The molecule has 5 rings (SSSR count). The van der Waals surface area contributed by atoms with E-state index in [1.165, 1.54) is 19.9 Å². The van der Waals surface area contributed by atoms with Crippen LogP contribution in [0.4, 0.5) is 0 Å². The molecular formula is C32H49N5O4. The summed E-state index contributed by atoms with van der Waals surface area (Å²) in [4.78, 5) is 26.2. The number of hydrogen-bond acceptors (Lipinski definition) is 9. The van der Waals surface area contributed by atoms with Crippen LogP contribution in [0.5, 0.6) is 5.88 Å². The Hall–Kier alpha value is -3.17. The van der Waals surface area contributed by atoms with Gasteiger partial charge in [0.05, 0.1) is 12.6 Å². The lowest BCUT2D eigenvalue weighted by Crippen LogP contribution is -2.29. The van der Waals surface area contributed by atoms with Gasteiger partial charge in [0.2, 0.25) is 11.8 Å². The number of hydrogen-bond donors (Lipinski definition) is 2. The molecule has 1 unspecified atom stereocenters. The van der Waals surface area contributed by atoms with Gasteiger partial charge in [-0.05, 0) is 69.8 Å². The number of carbonyl (C=O) groups is 2. The zero-order valence-corrected chi connectivity index (χ0v) is 25.6. The Balaban J connectivity index is 0.000000347. The van der Waals surface area contributed by atoms with Gasteiger partial charge in [-0.15, -0.1) is 10.2 Å². The van der Waals surface area contributed by atoms with Crippen molar-refractivity contribution in [1.29, 1.82) is 0 Å². The molecule has 9 nitrogen and oxygen atoms in total. The molecule has 3 aromatic rings. The molecule has 1 aliphatic heterocycles. The number of benzene rings is 1. The first-order chi connectivity index (χ1) is 20.1. The Morgan fingerprint density at radius 2 is 1.83 bits per heavy atom. The minimum atomic E-state index is 0.342. The summed E-state index contributed by atoms with van der Waals surface area (Å²) in [6.07, 6.45) is 10.8. The minimum Gasteiger partial charge on any atom is -0.480 e. The van der Waals surface area contributed by atoms with Crippen molar-refractivity contribution in [2.75, 3.05) is 27.2 Å². The number of nitrogens with one attached hydrogen (secondary N) is 1. The van der Waals surface area contributed by atoms with Crippen molar-refractivity contribution in [3.63, 3.8) is 0 Å². The number of aryl methyl sites for hydroxylation is 1. The van der Waals surface area contributed by atoms with E-state index in [9.17, 15) is 9.59 Å². The van der Waals surface area contributed by atoms with Crippen LogP contribution in [0.3, 0.4) is 0 Å². The quantitative estimate of drug-likeness (QED) is 0.213. The van der Waals surface area contributed by atoms with E-state index < -0.39 is 0 Å². The molecule has 3 heterocycles. The van der Waals surface area contributed by atoms with Gasteiger partial charge in [-0.1, -0.05) is 51.8 Å². The number of methoxy groups -OCH3 is 1. The van der Waals surface area contributed by atoms with Crippen LogP contribution in [0, 0.1) is 11.3 Å². The highest BCUT2D eigenvalue weighted by Gasteiger charge is 2.53. The van der Waals surface area contributed by atoms with Gasteiger partial charge >= 0.3 is 0 Å². The summed E-state index contributed by atoms with van der Waals surface area (Å²) >= 11 is 0. The van der Waals surface area contributed by atoms with E-state index in [0.29, 0.717) is 53.2 Å². The predicted molar refractivity (Wildman–Crippen MR) is 164 cm³/mol. The van der Waals surface area contributed by atoms with Crippen molar-refractivity contribution in [3.8, 4) is 17.3 Å². The van der Waals surface area contributed by atoms with Gasteiger partial charge in [-0.2, -0.15) is 0 Å². The molecule has 0 amide bonds. The molecule has 1 saturated heterocycles. The summed E-state index contributed by atoms with van der Waals surface area (Å²) < 4.78 is 11.2. The number of nitrogens with zero attached hydrogens (tertiary/aromatic N) is 3. The van der Waals surface area contributed by atoms with Crippen LogP contribution < -0.4 is 15.8 Å². The number of ketones is 1. The van der Waals surface area contributed by atoms with E-state index in [0.717, 1.165) is 68.8 Å². The largest absolute Gasteiger partial charge is 0.480 e. The highest BCUT2D eigenvalue weighted by molar-refractivity contribution is 5.84. The van der Waals surface area contributed by atoms with E-state index >= 15 is 0 Å². The lowest BCUT2D eigenvalue weighted by Gasteiger charge is -2.22. The molecule has 0 radical (unpaired) electrons. The molecule has 2 aromatic heterocycles. The summed E-state index contributed by atoms with van der Waals surface area (Å²) in [5.74, 6) is 2.27. The minimum absolute atomic E-state index is 0.342. The van der Waals surface area contributed by atoms with E-state index in [1.807, 2.05) is 51.1 Å². The average molecular weight is 568 g/mol. The van der Waals surface area contributed by atoms with Gasteiger partial charge < -0.3 is 25.0 Å². The molecular weight excluding hydrogens is 518 g/mol. The third-order valence-electron chi connectivity index (χ3n) is 7.59. The van der Waals surface area contributed by atoms with Gasteiger partial charge in [0.1, 0.15) is 17.6 Å². The summed E-state index contributed by atoms with van der Waals surface area (Å²) in [6.45, 7) is 8.14. The van der Waals surface area contributed by atoms with Gasteiger partial charge in [0.25, 0.3) is 5.89 Å². The summed E-state index contributed by atoms with van der Waals surface area (Å²) in [6, 6.07) is 9.80. The number of nitrogens with two attached hydrogens (primary N) is 1. The van der Waals surface area contributed by atoms with E-state index in [2.05, 4.69) is 26.2 Å². The van der Waals surface area contributed by atoms with Crippen molar-refractivity contribution in [1.82, 2.24) is 20.5 Å². The number of fused-ring (bicyclic) bond motifs is 1. The number of pyridine rings is 1. The first kappa shape index (κ1) is 34.0. The maximum Gasteiger partial charge on any atom is 0.253 e. The zero-order valence-electron chi connectivity index (χ0n) is 25.6. The molecule has 226 valence electrons. The average Bonchev–Trinajstić information content (AvgIpc) is 3.48. The Kier molecular flexibility index (Phi) is 15.2. The molecule has 2 aliphatic rings. The number of ether oxygens (including phenoxy) is 1. The zero-order chi connectivity index (χ0) is 30.1. The first-order valence-corrected chi connectivity index (χ1v) is 15.1. The molecule has 1 atom stereocenters. The summed E-state index contributed by atoms with van der Waals surface area (Å²) in [5, 5.41) is 12.6. The second-order valence-electron chi connectivity index (χ2n) is 10.1. The highest BCUT2D eigenvalue weighted by Crippen LogP contribution is 2.57. The molecule has 1 saturated carbocycles. The fourth-order valence-electron chi connectivity index (χ4n) is 5.07. The van der Waals surface area contributed by atoms with Gasteiger partial charge in [-0.25, -0.2) is 4.98 Å². The predicted octanol–water partition coefficient (Wildman–Crippen LogP) is 5.94. The second kappa shape index (κ2) is 18.3. The third kappa shape index (κ3) is 10.0. The summed E-state index contributed by atoms with van der Waals surface area (Å²) in [5.41, 5.74) is 6.53. The van der Waals surface area contributed by atoms with Crippen LogP contribution in [0.25, 0.3) is 22.4 Å². The number of para-hydroxylation sites is 1. The van der Waals surface area contributed by atoms with E-state index in [1.54, 1.807) is 7.11 Å². The van der Waals surface area contributed by atoms with Crippen molar-refractivity contribution in [3.05, 3.63) is 36.2 Å². The Bertz CT molecular complexity index is 1190. The topological polar surface area (TPSA) is 133 Å². The number of unbranched alkanes of at least 4 members (excludes halogenated alkanes) is 3. The third-order valence-corrected chi connectivity index (χ3v) is 7.59. The first-order valence-electron chi connectivity index (χ1n) is 15.1. The van der Waals surface area contributed by atoms with Crippen molar-refractivity contribution < 1.29 is 18.7 Å². The lowest BCUT2D eigenvalue weighted by atomic mass is 9.92. The number of carbonyl (C=O) groups excluding carboxylic acids is 2. The van der Waals surface area contributed by atoms with Crippen molar-refractivity contribution in [2.45, 2.75) is 85.0 Å². The van der Waals surface area contributed by atoms with Crippen molar-refractivity contribution >= 4 is 23.0 Å². The number of piperidine rings is 1. The van der Waals surface area contributed by atoms with Crippen LogP contribution in [0.2, 0.25) is 0 Å². The molecule has 1 aromatic carbocycles. The molecule has 0 bridgehead atoms. The Morgan fingerprint density at radius 1 is 1.12 bits per heavy atom. The van der Waals surface area contributed by atoms with Gasteiger partial charge in [-0.3, -0.25) is 4.79 Å². The standard InChI is InChI=1S/C21H25N3O3.C8H13NO.C2H6.CH5N/c1-3-16(25)11-6-4-5-7-13-19-23-24-21(27-19)17-14-15-10-8-9-12-18(15)22-20(17)26-2;10-6-7-5-8(7)1-3-9-4-2-8;2*1-2/h8-10,12,14H,3-7,11,13H2,1-2H3;6-7,9H,1-5H2;1-2H3;2H2,1H3. The lowest BCUT2D eigenvalue weighted by molar-refractivity contribution is -0.118. The number of Topliss-reactive ketones (excluding diaryl/α,β-unsaturated/α-hetero) is 1.